The summed E-state index contributed by atoms with van der Waals surface area (Å²) >= 11 is 9.39. The first-order valence-electron chi connectivity index (χ1n) is 5.96. The van der Waals surface area contributed by atoms with Crippen molar-refractivity contribution in [3.05, 3.63) is 51.7 Å². The standard InChI is InChI=1S/C14H8ClN3S2/c15-13-10(18-7-8-19-14(18)17-13)5-6-12-16-9-3-1-2-4-11(9)20-12/h1-8H/b6-5+. The van der Waals surface area contributed by atoms with Gasteiger partial charge in [-0.05, 0) is 24.3 Å². The van der Waals surface area contributed by atoms with Gasteiger partial charge in [-0.2, -0.15) is 0 Å². The van der Waals surface area contributed by atoms with Crippen molar-refractivity contribution in [3.8, 4) is 0 Å². The van der Waals surface area contributed by atoms with Crippen molar-refractivity contribution in [2.24, 2.45) is 0 Å². The van der Waals surface area contributed by atoms with Gasteiger partial charge in [-0.1, -0.05) is 23.7 Å². The highest BCUT2D eigenvalue weighted by Crippen LogP contribution is 2.26. The summed E-state index contributed by atoms with van der Waals surface area (Å²) in [5.74, 6) is 0. The van der Waals surface area contributed by atoms with Crippen molar-refractivity contribution in [1.82, 2.24) is 14.4 Å². The maximum Gasteiger partial charge on any atom is 0.195 e. The highest BCUT2D eigenvalue weighted by Gasteiger charge is 2.08. The molecule has 4 rings (SSSR count). The van der Waals surface area contributed by atoms with Crippen LogP contribution in [0, 0.1) is 0 Å². The maximum absolute atomic E-state index is 6.16. The van der Waals surface area contributed by atoms with E-state index in [1.807, 2.05) is 46.3 Å². The largest absolute Gasteiger partial charge is 0.289 e. The zero-order valence-corrected chi connectivity index (χ0v) is 12.5. The van der Waals surface area contributed by atoms with Crippen LogP contribution in [0.25, 0.3) is 27.3 Å². The Morgan fingerprint density at radius 3 is 2.95 bits per heavy atom. The topological polar surface area (TPSA) is 30.2 Å². The Morgan fingerprint density at radius 1 is 1.15 bits per heavy atom. The number of para-hydroxylation sites is 1. The molecule has 0 saturated heterocycles. The SMILES string of the molecule is Clc1nc2sccn2c1/C=C/c1nc2ccccc2s1. The van der Waals surface area contributed by atoms with E-state index in [2.05, 4.69) is 16.0 Å². The molecule has 0 aliphatic heterocycles. The number of nitrogens with zero attached hydrogens (tertiary/aromatic N) is 3. The smallest absolute Gasteiger partial charge is 0.195 e. The van der Waals surface area contributed by atoms with Crippen LogP contribution in [-0.4, -0.2) is 14.4 Å². The third-order valence-corrected chi connectivity index (χ3v) is 4.98. The van der Waals surface area contributed by atoms with E-state index in [4.69, 9.17) is 11.6 Å². The molecule has 6 heteroatoms. The molecule has 0 spiro atoms. The molecule has 0 N–H and O–H groups in total. The van der Waals surface area contributed by atoms with Gasteiger partial charge in [0, 0.05) is 11.6 Å². The number of hydrogen-bond acceptors (Lipinski definition) is 4. The van der Waals surface area contributed by atoms with Crippen LogP contribution < -0.4 is 0 Å². The fourth-order valence-electron chi connectivity index (χ4n) is 2.04. The molecular formula is C14H8ClN3S2. The lowest BCUT2D eigenvalue weighted by atomic mass is 10.3. The summed E-state index contributed by atoms with van der Waals surface area (Å²) in [4.78, 5) is 9.78. The van der Waals surface area contributed by atoms with Crippen molar-refractivity contribution < 1.29 is 0 Å². The van der Waals surface area contributed by atoms with Crippen LogP contribution in [0.15, 0.2) is 35.8 Å². The highest BCUT2D eigenvalue weighted by atomic mass is 35.5. The summed E-state index contributed by atoms with van der Waals surface area (Å²) in [6.07, 6.45) is 5.92. The first-order valence-corrected chi connectivity index (χ1v) is 8.03. The van der Waals surface area contributed by atoms with Gasteiger partial charge in [0.25, 0.3) is 0 Å². The minimum Gasteiger partial charge on any atom is -0.289 e. The average Bonchev–Trinajstić information content (AvgIpc) is 3.10. The first-order chi connectivity index (χ1) is 9.81. The summed E-state index contributed by atoms with van der Waals surface area (Å²) in [5.41, 5.74) is 1.92. The van der Waals surface area contributed by atoms with Gasteiger partial charge in [-0.3, -0.25) is 4.40 Å². The van der Waals surface area contributed by atoms with Crippen LogP contribution >= 0.6 is 34.3 Å². The zero-order chi connectivity index (χ0) is 13.5. The van der Waals surface area contributed by atoms with Crippen LogP contribution in [0.1, 0.15) is 10.7 Å². The van der Waals surface area contributed by atoms with Gasteiger partial charge < -0.3 is 0 Å². The summed E-state index contributed by atoms with van der Waals surface area (Å²) in [6, 6.07) is 8.12. The summed E-state index contributed by atoms with van der Waals surface area (Å²) in [6.45, 7) is 0. The zero-order valence-electron chi connectivity index (χ0n) is 10.2. The van der Waals surface area contributed by atoms with Gasteiger partial charge in [-0.25, -0.2) is 9.97 Å². The molecule has 0 atom stereocenters. The molecule has 1 aromatic carbocycles. The third-order valence-electron chi connectivity index (χ3n) is 2.95. The van der Waals surface area contributed by atoms with E-state index in [0.29, 0.717) is 5.15 Å². The number of hydrogen-bond donors (Lipinski definition) is 0. The molecule has 4 aromatic rings. The quantitative estimate of drug-likeness (QED) is 0.530. The molecule has 0 aliphatic carbocycles. The van der Waals surface area contributed by atoms with Gasteiger partial charge >= 0.3 is 0 Å². The van der Waals surface area contributed by atoms with Crippen LogP contribution in [-0.2, 0) is 0 Å². The second-order valence-electron chi connectivity index (χ2n) is 4.20. The summed E-state index contributed by atoms with van der Waals surface area (Å²) < 4.78 is 3.17. The molecule has 0 bridgehead atoms. The van der Waals surface area contributed by atoms with Gasteiger partial charge in [-0.15, -0.1) is 22.7 Å². The summed E-state index contributed by atoms with van der Waals surface area (Å²) in [5, 5.41) is 3.48. The highest BCUT2D eigenvalue weighted by molar-refractivity contribution is 7.19. The Balaban J connectivity index is 1.77. The second-order valence-corrected chi connectivity index (χ2v) is 6.49. The minimum atomic E-state index is 0.522. The van der Waals surface area contributed by atoms with Gasteiger partial charge in [0.05, 0.1) is 15.9 Å². The predicted octanol–water partition coefficient (Wildman–Crippen LogP) is 4.83. The molecule has 3 aromatic heterocycles. The average molecular weight is 318 g/mol. The molecule has 0 amide bonds. The number of imidazole rings is 1. The predicted molar refractivity (Wildman–Crippen MR) is 86.6 cm³/mol. The van der Waals surface area contributed by atoms with Crippen molar-refractivity contribution in [1.29, 1.82) is 0 Å². The van der Waals surface area contributed by atoms with E-state index >= 15 is 0 Å². The Hall–Kier alpha value is -1.69. The van der Waals surface area contributed by atoms with E-state index in [1.165, 1.54) is 4.70 Å². The van der Waals surface area contributed by atoms with Crippen LogP contribution in [0.3, 0.4) is 0 Å². The number of thiazole rings is 2. The molecule has 0 saturated carbocycles. The summed E-state index contributed by atoms with van der Waals surface area (Å²) in [7, 11) is 0. The molecular weight excluding hydrogens is 310 g/mol. The normalized spacial score (nSPS) is 12.1. The molecule has 0 radical (unpaired) electrons. The molecule has 0 fully saturated rings. The fourth-order valence-corrected chi connectivity index (χ4v) is 3.91. The number of aromatic nitrogens is 3. The van der Waals surface area contributed by atoms with E-state index < -0.39 is 0 Å². The van der Waals surface area contributed by atoms with Crippen molar-refractivity contribution >= 4 is 61.6 Å². The molecule has 0 unspecified atom stereocenters. The van der Waals surface area contributed by atoms with E-state index in [9.17, 15) is 0 Å². The first kappa shape index (κ1) is 12.1. The van der Waals surface area contributed by atoms with Crippen molar-refractivity contribution in [2.75, 3.05) is 0 Å². The van der Waals surface area contributed by atoms with Gasteiger partial charge in [0.15, 0.2) is 10.1 Å². The van der Waals surface area contributed by atoms with Crippen LogP contribution in [0.2, 0.25) is 5.15 Å². The van der Waals surface area contributed by atoms with Crippen molar-refractivity contribution in [3.63, 3.8) is 0 Å². The number of fused-ring (bicyclic) bond motifs is 2. The lowest BCUT2D eigenvalue weighted by Gasteiger charge is -1.90. The van der Waals surface area contributed by atoms with E-state index in [-0.39, 0.29) is 0 Å². The van der Waals surface area contributed by atoms with Crippen molar-refractivity contribution in [2.45, 2.75) is 0 Å². The van der Waals surface area contributed by atoms with Crippen LogP contribution in [0.4, 0.5) is 0 Å². The van der Waals surface area contributed by atoms with Gasteiger partial charge in [0.2, 0.25) is 0 Å². The van der Waals surface area contributed by atoms with Gasteiger partial charge in [0.1, 0.15) is 5.01 Å². The Kier molecular flexibility index (Phi) is 2.84. The Bertz CT molecular complexity index is 899. The second kappa shape index (κ2) is 4.70. The lowest BCUT2D eigenvalue weighted by Crippen LogP contribution is -1.80. The fraction of sp³-hybridized carbons (Fsp3) is 0. The molecule has 20 heavy (non-hydrogen) atoms. The molecule has 98 valence electrons. The Morgan fingerprint density at radius 2 is 2.05 bits per heavy atom. The van der Waals surface area contributed by atoms with Crippen LogP contribution in [0.5, 0.6) is 0 Å². The Labute approximate surface area is 127 Å². The molecule has 0 aliphatic rings. The molecule has 3 heterocycles. The number of halogens is 1. The monoisotopic (exact) mass is 317 g/mol. The lowest BCUT2D eigenvalue weighted by molar-refractivity contribution is 1.21. The number of rotatable bonds is 2. The van der Waals surface area contributed by atoms with E-state index in [0.717, 1.165) is 21.2 Å². The molecule has 3 nitrogen and oxygen atoms in total. The third kappa shape index (κ3) is 1.95. The number of benzene rings is 1. The minimum absolute atomic E-state index is 0.522. The van der Waals surface area contributed by atoms with E-state index in [1.54, 1.807) is 22.7 Å². The maximum atomic E-state index is 6.16.